The number of carbonyl (C=O) groups is 1. The number of halogens is 1. The van der Waals surface area contributed by atoms with Crippen molar-refractivity contribution in [3.05, 3.63) is 41.2 Å². The van der Waals surface area contributed by atoms with Crippen LogP contribution in [-0.4, -0.2) is 30.6 Å². The van der Waals surface area contributed by atoms with Gasteiger partial charge in [-0.1, -0.05) is 23.8 Å². The normalized spacial score (nSPS) is 10.0. The van der Waals surface area contributed by atoms with Gasteiger partial charge in [-0.15, -0.1) is 0 Å². The van der Waals surface area contributed by atoms with Gasteiger partial charge in [-0.25, -0.2) is 0 Å². The average Bonchev–Trinajstić information content (AvgIpc) is 2.28. The minimum atomic E-state index is -0.226. The van der Waals surface area contributed by atoms with E-state index in [1.807, 2.05) is 6.92 Å². The third kappa shape index (κ3) is 4.97. The minimum absolute atomic E-state index is 0.226. The van der Waals surface area contributed by atoms with E-state index in [0.29, 0.717) is 30.3 Å². The molecule has 0 radical (unpaired) electrons. The lowest BCUT2D eigenvalue weighted by Crippen LogP contribution is -2.27. The topological polar surface area (TPSA) is 51.2 Å². The molecule has 0 atom stereocenters. The second kappa shape index (κ2) is 7.04. The number of hydrogen-bond donors (Lipinski definition) is 1. The molecule has 0 saturated heterocycles. The Balaban J connectivity index is 2.31. The predicted octanol–water partition coefficient (Wildman–Crippen LogP) is 2.06. The summed E-state index contributed by atoms with van der Waals surface area (Å²) in [5.41, 5.74) is 1.37. The van der Waals surface area contributed by atoms with E-state index in [0.717, 1.165) is 5.57 Å². The first-order valence-corrected chi connectivity index (χ1v) is 5.59. The number of ether oxygens (including phenoxy) is 1. The summed E-state index contributed by atoms with van der Waals surface area (Å²) in [6, 6.07) is 1.58. The van der Waals surface area contributed by atoms with Gasteiger partial charge in [-0.3, -0.25) is 9.78 Å². The maximum Gasteiger partial charge on any atom is 0.252 e. The van der Waals surface area contributed by atoms with Gasteiger partial charge in [0.2, 0.25) is 0 Å². The molecule has 0 aliphatic heterocycles. The van der Waals surface area contributed by atoms with Gasteiger partial charge < -0.3 is 10.1 Å². The SMILES string of the molecule is C=C(C)COCCNC(=O)c1ccncc1Cl. The molecule has 1 amide bonds. The summed E-state index contributed by atoms with van der Waals surface area (Å²) in [7, 11) is 0. The first-order chi connectivity index (χ1) is 8.11. The predicted molar refractivity (Wildman–Crippen MR) is 67.2 cm³/mol. The van der Waals surface area contributed by atoms with E-state index in [4.69, 9.17) is 16.3 Å². The second-order valence-electron chi connectivity index (χ2n) is 3.62. The van der Waals surface area contributed by atoms with Gasteiger partial charge in [0, 0.05) is 18.9 Å². The Morgan fingerprint density at radius 1 is 1.65 bits per heavy atom. The maximum atomic E-state index is 11.7. The minimum Gasteiger partial charge on any atom is -0.375 e. The molecule has 1 heterocycles. The number of aromatic nitrogens is 1. The zero-order chi connectivity index (χ0) is 12.7. The summed E-state index contributed by atoms with van der Waals surface area (Å²) in [6.45, 7) is 6.98. The van der Waals surface area contributed by atoms with Crippen LogP contribution in [0.3, 0.4) is 0 Å². The molecule has 0 aromatic carbocycles. The second-order valence-corrected chi connectivity index (χ2v) is 4.03. The molecule has 1 aromatic rings. The van der Waals surface area contributed by atoms with Crippen LogP contribution in [0.25, 0.3) is 0 Å². The first kappa shape index (κ1) is 13.7. The highest BCUT2D eigenvalue weighted by Gasteiger charge is 2.08. The molecule has 0 spiro atoms. The van der Waals surface area contributed by atoms with Crippen LogP contribution >= 0.6 is 11.6 Å². The summed E-state index contributed by atoms with van der Waals surface area (Å²) in [6.07, 6.45) is 2.96. The molecular weight excluding hydrogens is 240 g/mol. The van der Waals surface area contributed by atoms with Crippen molar-refractivity contribution in [3.63, 3.8) is 0 Å². The summed E-state index contributed by atoms with van der Waals surface area (Å²) in [5, 5.41) is 3.05. The molecule has 0 aliphatic carbocycles. The fourth-order valence-corrected chi connectivity index (χ4v) is 1.34. The maximum absolute atomic E-state index is 11.7. The van der Waals surface area contributed by atoms with Crippen LogP contribution in [0, 0.1) is 0 Å². The smallest absolute Gasteiger partial charge is 0.252 e. The Morgan fingerprint density at radius 3 is 3.06 bits per heavy atom. The van der Waals surface area contributed by atoms with Gasteiger partial charge in [0.25, 0.3) is 5.91 Å². The summed E-state index contributed by atoms with van der Waals surface area (Å²) in [5.74, 6) is -0.226. The molecule has 0 unspecified atom stereocenters. The van der Waals surface area contributed by atoms with Crippen molar-refractivity contribution in [2.45, 2.75) is 6.92 Å². The number of carbonyl (C=O) groups excluding carboxylic acids is 1. The highest BCUT2D eigenvalue weighted by Crippen LogP contribution is 2.12. The Kier molecular flexibility index (Phi) is 5.66. The third-order valence-electron chi connectivity index (χ3n) is 1.90. The van der Waals surface area contributed by atoms with Crippen LogP contribution < -0.4 is 5.32 Å². The fourth-order valence-electron chi connectivity index (χ4n) is 1.14. The lowest BCUT2D eigenvalue weighted by Gasteiger charge is -2.07. The van der Waals surface area contributed by atoms with Crippen molar-refractivity contribution in [2.75, 3.05) is 19.8 Å². The van der Waals surface area contributed by atoms with E-state index in [1.165, 1.54) is 12.4 Å². The monoisotopic (exact) mass is 254 g/mol. The summed E-state index contributed by atoms with van der Waals surface area (Å²) < 4.78 is 5.25. The van der Waals surface area contributed by atoms with Crippen LogP contribution in [0.5, 0.6) is 0 Å². The number of hydrogen-bond acceptors (Lipinski definition) is 3. The van der Waals surface area contributed by atoms with E-state index in [2.05, 4.69) is 16.9 Å². The van der Waals surface area contributed by atoms with Gasteiger partial charge in [-0.2, -0.15) is 0 Å². The molecule has 4 nitrogen and oxygen atoms in total. The molecule has 92 valence electrons. The van der Waals surface area contributed by atoms with Crippen molar-refractivity contribution < 1.29 is 9.53 Å². The lowest BCUT2D eigenvalue weighted by molar-refractivity contribution is 0.0927. The number of rotatable bonds is 6. The van der Waals surface area contributed by atoms with E-state index >= 15 is 0 Å². The van der Waals surface area contributed by atoms with E-state index in [1.54, 1.807) is 6.07 Å². The van der Waals surface area contributed by atoms with Crippen LogP contribution in [0.15, 0.2) is 30.6 Å². The molecule has 17 heavy (non-hydrogen) atoms. The highest BCUT2D eigenvalue weighted by molar-refractivity contribution is 6.33. The van der Waals surface area contributed by atoms with Crippen molar-refractivity contribution in [1.82, 2.24) is 10.3 Å². The lowest BCUT2D eigenvalue weighted by atomic mass is 10.2. The fraction of sp³-hybridized carbons (Fsp3) is 0.333. The number of nitrogens with zero attached hydrogens (tertiary/aromatic N) is 1. The Morgan fingerprint density at radius 2 is 2.41 bits per heavy atom. The number of pyridine rings is 1. The summed E-state index contributed by atoms with van der Waals surface area (Å²) >= 11 is 5.83. The van der Waals surface area contributed by atoms with Gasteiger partial charge in [0.1, 0.15) is 0 Å². The van der Waals surface area contributed by atoms with Gasteiger partial charge in [0.15, 0.2) is 0 Å². The number of nitrogens with one attached hydrogen (secondary N) is 1. The average molecular weight is 255 g/mol. The molecule has 1 N–H and O–H groups in total. The van der Waals surface area contributed by atoms with Crippen molar-refractivity contribution >= 4 is 17.5 Å². The van der Waals surface area contributed by atoms with E-state index < -0.39 is 0 Å². The molecular formula is C12H15ClN2O2. The van der Waals surface area contributed by atoms with Crippen molar-refractivity contribution in [3.8, 4) is 0 Å². The zero-order valence-corrected chi connectivity index (χ0v) is 10.5. The highest BCUT2D eigenvalue weighted by atomic mass is 35.5. The molecule has 0 bridgehead atoms. The van der Waals surface area contributed by atoms with Crippen LogP contribution in [-0.2, 0) is 4.74 Å². The molecule has 0 aliphatic rings. The van der Waals surface area contributed by atoms with Crippen molar-refractivity contribution in [1.29, 1.82) is 0 Å². The first-order valence-electron chi connectivity index (χ1n) is 5.21. The van der Waals surface area contributed by atoms with Gasteiger partial charge >= 0.3 is 0 Å². The molecule has 1 aromatic heterocycles. The molecule has 0 saturated carbocycles. The van der Waals surface area contributed by atoms with Crippen LogP contribution in [0.1, 0.15) is 17.3 Å². The summed E-state index contributed by atoms with van der Waals surface area (Å²) in [4.78, 5) is 15.5. The van der Waals surface area contributed by atoms with E-state index in [9.17, 15) is 4.79 Å². The Hall–Kier alpha value is -1.39. The van der Waals surface area contributed by atoms with E-state index in [-0.39, 0.29) is 5.91 Å². The zero-order valence-electron chi connectivity index (χ0n) is 9.70. The van der Waals surface area contributed by atoms with Crippen LogP contribution in [0.4, 0.5) is 0 Å². The molecule has 1 rings (SSSR count). The molecule has 0 fully saturated rings. The Labute approximate surface area is 106 Å². The third-order valence-corrected chi connectivity index (χ3v) is 2.20. The van der Waals surface area contributed by atoms with Gasteiger partial charge in [-0.05, 0) is 13.0 Å². The van der Waals surface area contributed by atoms with Gasteiger partial charge in [0.05, 0.1) is 23.8 Å². The van der Waals surface area contributed by atoms with Crippen LogP contribution in [0.2, 0.25) is 5.02 Å². The van der Waals surface area contributed by atoms with Crippen molar-refractivity contribution in [2.24, 2.45) is 0 Å². The Bertz CT molecular complexity index is 407. The standard InChI is InChI=1S/C12H15ClN2O2/c1-9(2)8-17-6-5-15-12(16)10-3-4-14-7-11(10)13/h3-4,7H,1,5-6,8H2,2H3,(H,15,16). The number of amides is 1. The largest absolute Gasteiger partial charge is 0.375 e. The quantitative estimate of drug-likeness (QED) is 0.625. The molecule has 5 heteroatoms.